The van der Waals surface area contributed by atoms with Crippen LogP contribution in [0, 0.1) is 6.92 Å². The van der Waals surface area contributed by atoms with Crippen LogP contribution in [-0.4, -0.2) is 19.1 Å². The van der Waals surface area contributed by atoms with E-state index >= 15 is 0 Å². The van der Waals surface area contributed by atoms with Crippen molar-refractivity contribution >= 4 is 17.3 Å². The van der Waals surface area contributed by atoms with Crippen molar-refractivity contribution in [3.8, 4) is 0 Å². The summed E-state index contributed by atoms with van der Waals surface area (Å²) >= 11 is 1.69. The minimum Gasteiger partial charge on any atom is -0.468 e. The molecule has 1 aromatic rings. The van der Waals surface area contributed by atoms with Crippen LogP contribution in [0.4, 0.5) is 0 Å². The lowest BCUT2D eigenvalue weighted by atomic mass is 9.95. The van der Waals surface area contributed by atoms with E-state index in [9.17, 15) is 4.79 Å². The van der Waals surface area contributed by atoms with E-state index in [2.05, 4.69) is 18.4 Å². The van der Waals surface area contributed by atoms with Crippen LogP contribution in [-0.2, 0) is 14.9 Å². The van der Waals surface area contributed by atoms with E-state index in [1.54, 1.807) is 11.3 Å². The molecule has 1 aromatic heterocycles. The molecule has 0 amide bonds. The lowest BCUT2D eigenvalue weighted by Crippen LogP contribution is -2.42. The average Bonchev–Trinajstić information content (AvgIpc) is 2.94. The van der Waals surface area contributed by atoms with E-state index in [1.165, 1.54) is 17.6 Å². The topological polar surface area (TPSA) is 52.3 Å². The smallest absolute Gasteiger partial charge is 0.323 e. The highest BCUT2D eigenvalue weighted by Crippen LogP contribution is 2.52. The number of thiophene rings is 1. The van der Waals surface area contributed by atoms with Gasteiger partial charge in [0.15, 0.2) is 0 Å². The Labute approximate surface area is 93.2 Å². The normalized spacial score (nSPS) is 19.7. The fourth-order valence-electron chi connectivity index (χ4n) is 1.89. The van der Waals surface area contributed by atoms with E-state index in [0.717, 1.165) is 12.8 Å². The van der Waals surface area contributed by atoms with Crippen LogP contribution in [0.15, 0.2) is 11.4 Å². The molecule has 0 saturated heterocycles. The largest absolute Gasteiger partial charge is 0.468 e. The number of nitrogens with two attached hydrogens (primary N) is 1. The molecular weight excluding hydrogens is 210 g/mol. The highest BCUT2D eigenvalue weighted by Gasteiger charge is 2.53. The Morgan fingerprint density at radius 3 is 2.73 bits per heavy atom. The quantitative estimate of drug-likeness (QED) is 0.795. The standard InChI is InChI=1S/C11H15NO2S/c1-7-5-8(15-6-7)11(3-4-11)9(12)10(13)14-2/h5-6,9H,3-4,12H2,1-2H3. The van der Waals surface area contributed by atoms with Crippen molar-refractivity contribution in [3.05, 3.63) is 21.9 Å². The van der Waals surface area contributed by atoms with Crippen LogP contribution in [0.25, 0.3) is 0 Å². The van der Waals surface area contributed by atoms with Gasteiger partial charge in [-0.15, -0.1) is 11.3 Å². The van der Waals surface area contributed by atoms with Gasteiger partial charge in [0.2, 0.25) is 0 Å². The molecular formula is C11H15NO2S. The Morgan fingerprint density at radius 1 is 1.67 bits per heavy atom. The molecule has 0 aromatic carbocycles. The maximum atomic E-state index is 11.4. The average molecular weight is 225 g/mol. The number of esters is 1. The second kappa shape index (κ2) is 3.61. The fraction of sp³-hybridized carbons (Fsp3) is 0.545. The highest BCUT2D eigenvalue weighted by molar-refractivity contribution is 7.10. The maximum absolute atomic E-state index is 11.4. The van der Waals surface area contributed by atoms with Crippen LogP contribution in [0.5, 0.6) is 0 Å². The number of aryl methyl sites for hydroxylation is 1. The molecule has 3 nitrogen and oxygen atoms in total. The third-order valence-electron chi connectivity index (χ3n) is 3.06. The summed E-state index contributed by atoms with van der Waals surface area (Å²) in [7, 11) is 1.39. The first-order chi connectivity index (χ1) is 7.10. The lowest BCUT2D eigenvalue weighted by Gasteiger charge is -2.19. The van der Waals surface area contributed by atoms with Crippen molar-refractivity contribution < 1.29 is 9.53 Å². The summed E-state index contributed by atoms with van der Waals surface area (Å²) in [5.41, 5.74) is 7.04. The molecule has 82 valence electrons. The van der Waals surface area contributed by atoms with Gasteiger partial charge in [0.05, 0.1) is 7.11 Å². The van der Waals surface area contributed by atoms with Crippen molar-refractivity contribution in [1.29, 1.82) is 0 Å². The van der Waals surface area contributed by atoms with Gasteiger partial charge in [-0.05, 0) is 36.8 Å². The molecule has 1 aliphatic rings. The zero-order valence-electron chi connectivity index (χ0n) is 8.95. The molecule has 1 unspecified atom stereocenters. The van der Waals surface area contributed by atoms with Crippen molar-refractivity contribution in [2.45, 2.75) is 31.2 Å². The Morgan fingerprint density at radius 2 is 2.33 bits per heavy atom. The predicted molar refractivity (Wildman–Crippen MR) is 60.0 cm³/mol. The Bertz CT molecular complexity index is 382. The van der Waals surface area contributed by atoms with E-state index in [-0.39, 0.29) is 11.4 Å². The van der Waals surface area contributed by atoms with Gasteiger partial charge in [-0.1, -0.05) is 0 Å². The summed E-state index contributed by atoms with van der Waals surface area (Å²) < 4.78 is 4.71. The van der Waals surface area contributed by atoms with Gasteiger partial charge in [0, 0.05) is 10.3 Å². The number of carbonyl (C=O) groups excluding carboxylic acids is 1. The number of methoxy groups -OCH3 is 1. The summed E-state index contributed by atoms with van der Waals surface area (Å²) in [4.78, 5) is 12.7. The lowest BCUT2D eigenvalue weighted by molar-refractivity contribution is -0.143. The Kier molecular flexibility index (Phi) is 2.56. The molecule has 2 N–H and O–H groups in total. The van der Waals surface area contributed by atoms with Gasteiger partial charge < -0.3 is 10.5 Å². The number of carbonyl (C=O) groups is 1. The van der Waals surface area contributed by atoms with Crippen molar-refractivity contribution in [3.63, 3.8) is 0 Å². The molecule has 0 spiro atoms. The molecule has 15 heavy (non-hydrogen) atoms. The monoisotopic (exact) mass is 225 g/mol. The van der Waals surface area contributed by atoms with Crippen LogP contribution in [0.3, 0.4) is 0 Å². The van der Waals surface area contributed by atoms with E-state index < -0.39 is 6.04 Å². The van der Waals surface area contributed by atoms with E-state index in [0.29, 0.717) is 0 Å². The third-order valence-corrected chi connectivity index (χ3v) is 4.33. The van der Waals surface area contributed by atoms with Gasteiger partial charge in [0.25, 0.3) is 0 Å². The molecule has 0 bridgehead atoms. The van der Waals surface area contributed by atoms with Crippen LogP contribution < -0.4 is 5.73 Å². The fourth-order valence-corrected chi connectivity index (χ4v) is 3.09. The van der Waals surface area contributed by atoms with Gasteiger partial charge >= 0.3 is 5.97 Å². The van der Waals surface area contributed by atoms with E-state index in [1.807, 2.05) is 0 Å². The summed E-state index contributed by atoms with van der Waals surface area (Å²) in [6.07, 6.45) is 1.98. The van der Waals surface area contributed by atoms with Crippen molar-refractivity contribution in [1.82, 2.24) is 0 Å². The number of ether oxygens (including phenoxy) is 1. The van der Waals surface area contributed by atoms with Crippen LogP contribution >= 0.6 is 11.3 Å². The number of hydrogen-bond donors (Lipinski definition) is 1. The molecule has 0 radical (unpaired) electrons. The van der Waals surface area contributed by atoms with Gasteiger partial charge in [-0.3, -0.25) is 4.79 Å². The highest BCUT2D eigenvalue weighted by atomic mass is 32.1. The number of rotatable bonds is 3. The molecule has 1 heterocycles. The van der Waals surface area contributed by atoms with Gasteiger partial charge in [-0.2, -0.15) is 0 Å². The summed E-state index contributed by atoms with van der Waals surface area (Å²) in [5.74, 6) is -0.307. The Balaban J connectivity index is 2.24. The first-order valence-electron chi connectivity index (χ1n) is 4.99. The number of hydrogen-bond acceptors (Lipinski definition) is 4. The molecule has 1 saturated carbocycles. The van der Waals surface area contributed by atoms with Crippen LogP contribution in [0.1, 0.15) is 23.3 Å². The summed E-state index contributed by atoms with van der Waals surface area (Å²) in [6, 6.07) is 1.61. The minimum atomic E-state index is -0.513. The molecule has 1 aliphatic carbocycles. The molecule has 2 rings (SSSR count). The minimum absolute atomic E-state index is 0.133. The SMILES string of the molecule is COC(=O)C(N)C1(c2cc(C)cs2)CC1. The zero-order chi connectivity index (χ0) is 11.1. The maximum Gasteiger partial charge on any atom is 0.323 e. The van der Waals surface area contributed by atoms with Gasteiger partial charge in [0.1, 0.15) is 6.04 Å². The molecule has 1 fully saturated rings. The zero-order valence-corrected chi connectivity index (χ0v) is 9.76. The van der Waals surface area contributed by atoms with Gasteiger partial charge in [-0.25, -0.2) is 0 Å². The molecule has 4 heteroatoms. The second-order valence-corrected chi connectivity index (χ2v) is 5.06. The summed E-state index contributed by atoms with van der Waals surface area (Å²) in [6.45, 7) is 2.06. The predicted octanol–water partition coefficient (Wildman–Crippen LogP) is 1.59. The third kappa shape index (κ3) is 1.68. The molecule has 1 atom stereocenters. The Hall–Kier alpha value is -0.870. The van der Waals surface area contributed by atoms with E-state index in [4.69, 9.17) is 10.5 Å². The second-order valence-electron chi connectivity index (χ2n) is 4.15. The van der Waals surface area contributed by atoms with Crippen LogP contribution in [0.2, 0.25) is 0 Å². The molecule has 0 aliphatic heterocycles. The first kappa shape index (κ1) is 10.6. The van der Waals surface area contributed by atoms with Crippen molar-refractivity contribution in [2.24, 2.45) is 5.73 Å². The van der Waals surface area contributed by atoms with Crippen molar-refractivity contribution in [2.75, 3.05) is 7.11 Å². The summed E-state index contributed by atoms with van der Waals surface area (Å²) in [5, 5.41) is 2.10. The first-order valence-corrected chi connectivity index (χ1v) is 5.87.